The molecule has 1 aromatic rings. The number of nitrogens with zero attached hydrogens (tertiary/aromatic N) is 1. The molecule has 2 aliphatic carbocycles. The molecule has 6 nitrogen and oxygen atoms in total. The molecule has 1 heterocycles. The molecule has 0 spiro atoms. The standard InChI is InChI=1S/C23H33N3O3/c1-15-11-21-19(13-22(27)26(21)17-8-4-3-5-9-17)20(15)14-24-23(28)25-16-7-6-10-18(12-16)29-2/h6-7,10,12,15,17,19-21H,3-5,8-9,11,13-14H2,1-2H3,(H2,24,25,28)/t15-,19-,20+,21+/m0/s1. The Kier molecular flexibility index (Phi) is 5.97. The molecule has 3 aliphatic rings. The summed E-state index contributed by atoms with van der Waals surface area (Å²) in [6, 6.07) is 7.94. The van der Waals surface area contributed by atoms with E-state index in [1.54, 1.807) is 13.2 Å². The molecule has 2 N–H and O–H groups in total. The van der Waals surface area contributed by atoms with Crippen molar-refractivity contribution in [2.24, 2.45) is 17.8 Å². The lowest BCUT2D eigenvalue weighted by Gasteiger charge is -2.35. The zero-order chi connectivity index (χ0) is 20.4. The van der Waals surface area contributed by atoms with Crippen LogP contribution in [-0.4, -0.2) is 42.6 Å². The molecule has 29 heavy (non-hydrogen) atoms. The van der Waals surface area contributed by atoms with Gasteiger partial charge in [-0.05, 0) is 49.1 Å². The average Bonchev–Trinajstić information content (AvgIpc) is 3.19. The fourth-order valence-corrected chi connectivity index (χ4v) is 5.81. The van der Waals surface area contributed by atoms with Crippen LogP contribution >= 0.6 is 0 Å². The highest BCUT2D eigenvalue weighted by molar-refractivity contribution is 5.89. The SMILES string of the molecule is COc1cccc(NC(=O)NC[C@H]2[C@@H]3CC(=O)N(C4CCCCC4)[C@@H]3C[C@@H]2C)c1. The highest BCUT2D eigenvalue weighted by Crippen LogP contribution is 2.47. The summed E-state index contributed by atoms with van der Waals surface area (Å²) < 4.78 is 5.20. The Bertz CT molecular complexity index is 747. The Labute approximate surface area is 173 Å². The molecule has 0 aromatic heterocycles. The third kappa shape index (κ3) is 4.21. The number of carbonyl (C=O) groups excluding carboxylic acids is 2. The van der Waals surface area contributed by atoms with Crippen LogP contribution in [0.3, 0.4) is 0 Å². The summed E-state index contributed by atoms with van der Waals surface area (Å²) in [6.07, 6.45) is 7.84. The summed E-state index contributed by atoms with van der Waals surface area (Å²) in [5.74, 6) is 2.29. The second-order valence-electron chi connectivity index (χ2n) is 8.97. The Balaban J connectivity index is 1.34. The number of carbonyl (C=O) groups is 2. The number of amides is 3. The molecule has 6 heteroatoms. The number of benzene rings is 1. The van der Waals surface area contributed by atoms with Crippen molar-refractivity contribution >= 4 is 17.6 Å². The van der Waals surface area contributed by atoms with Gasteiger partial charge in [-0.25, -0.2) is 4.79 Å². The number of fused-ring (bicyclic) bond motifs is 1. The van der Waals surface area contributed by atoms with E-state index in [-0.39, 0.29) is 6.03 Å². The van der Waals surface area contributed by atoms with Gasteiger partial charge in [-0.1, -0.05) is 32.3 Å². The number of anilines is 1. The van der Waals surface area contributed by atoms with Crippen LogP contribution in [-0.2, 0) is 4.79 Å². The first-order valence-electron chi connectivity index (χ1n) is 11.1. The maximum Gasteiger partial charge on any atom is 0.319 e. The molecular weight excluding hydrogens is 366 g/mol. The number of hydrogen-bond acceptors (Lipinski definition) is 3. The number of likely N-dealkylation sites (tertiary alicyclic amines) is 1. The van der Waals surface area contributed by atoms with Gasteiger partial charge in [0.2, 0.25) is 5.91 Å². The zero-order valence-electron chi connectivity index (χ0n) is 17.5. The first-order chi connectivity index (χ1) is 14.1. The first-order valence-corrected chi connectivity index (χ1v) is 11.1. The fraction of sp³-hybridized carbons (Fsp3) is 0.652. The Morgan fingerprint density at radius 2 is 2.03 bits per heavy atom. The molecule has 3 amide bonds. The van der Waals surface area contributed by atoms with Crippen LogP contribution in [0.4, 0.5) is 10.5 Å². The van der Waals surface area contributed by atoms with Crippen molar-refractivity contribution in [1.82, 2.24) is 10.2 Å². The highest BCUT2D eigenvalue weighted by atomic mass is 16.5. The van der Waals surface area contributed by atoms with E-state index in [1.165, 1.54) is 19.3 Å². The molecule has 1 saturated heterocycles. The molecule has 1 aromatic carbocycles. The molecule has 0 bridgehead atoms. The van der Waals surface area contributed by atoms with Crippen LogP contribution < -0.4 is 15.4 Å². The molecule has 1 aliphatic heterocycles. The second-order valence-corrected chi connectivity index (χ2v) is 8.97. The largest absolute Gasteiger partial charge is 0.497 e. The number of rotatable bonds is 5. The van der Waals surface area contributed by atoms with Crippen LogP contribution in [0, 0.1) is 17.8 Å². The summed E-state index contributed by atoms with van der Waals surface area (Å²) in [6.45, 7) is 2.89. The van der Waals surface area contributed by atoms with Gasteiger partial charge in [0, 0.05) is 36.8 Å². The van der Waals surface area contributed by atoms with Crippen LogP contribution in [0.5, 0.6) is 5.75 Å². The molecule has 3 fully saturated rings. The van der Waals surface area contributed by atoms with E-state index >= 15 is 0 Å². The Morgan fingerprint density at radius 1 is 1.24 bits per heavy atom. The van der Waals surface area contributed by atoms with Crippen molar-refractivity contribution in [3.8, 4) is 5.75 Å². The van der Waals surface area contributed by atoms with E-state index in [0.29, 0.717) is 60.1 Å². The van der Waals surface area contributed by atoms with Gasteiger partial charge in [-0.2, -0.15) is 0 Å². The Hall–Kier alpha value is -2.24. The van der Waals surface area contributed by atoms with Gasteiger partial charge in [0.25, 0.3) is 0 Å². The zero-order valence-corrected chi connectivity index (χ0v) is 17.5. The first kappa shape index (κ1) is 20.0. The van der Waals surface area contributed by atoms with Gasteiger partial charge in [0.15, 0.2) is 0 Å². The lowest BCUT2D eigenvalue weighted by atomic mass is 9.88. The predicted molar refractivity (Wildman–Crippen MR) is 113 cm³/mol. The summed E-state index contributed by atoms with van der Waals surface area (Å²) in [7, 11) is 1.61. The number of urea groups is 1. The van der Waals surface area contributed by atoms with Crippen LogP contribution in [0.1, 0.15) is 51.9 Å². The third-order valence-electron chi connectivity index (χ3n) is 7.24. The normalized spacial score (nSPS) is 29.6. The van der Waals surface area contributed by atoms with Crippen molar-refractivity contribution in [2.45, 2.75) is 64.0 Å². The van der Waals surface area contributed by atoms with Gasteiger partial charge in [0.1, 0.15) is 5.75 Å². The third-order valence-corrected chi connectivity index (χ3v) is 7.24. The predicted octanol–water partition coefficient (Wildman–Crippen LogP) is 4.02. The van der Waals surface area contributed by atoms with Gasteiger partial charge < -0.3 is 20.3 Å². The summed E-state index contributed by atoms with van der Waals surface area (Å²) in [4.78, 5) is 27.4. The van der Waals surface area contributed by atoms with Gasteiger partial charge >= 0.3 is 6.03 Å². The fourth-order valence-electron chi connectivity index (χ4n) is 5.81. The number of ether oxygens (including phenoxy) is 1. The minimum absolute atomic E-state index is 0.206. The molecule has 2 saturated carbocycles. The maximum absolute atomic E-state index is 12.8. The van der Waals surface area contributed by atoms with Gasteiger partial charge in [-0.3, -0.25) is 4.79 Å². The summed E-state index contributed by atoms with van der Waals surface area (Å²) in [5.41, 5.74) is 0.707. The van der Waals surface area contributed by atoms with Crippen molar-refractivity contribution in [1.29, 1.82) is 0 Å². The highest BCUT2D eigenvalue weighted by Gasteiger charge is 2.52. The lowest BCUT2D eigenvalue weighted by molar-refractivity contribution is -0.132. The monoisotopic (exact) mass is 399 g/mol. The van der Waals surface area contributed by atoms with Gasteiger partial charge in [0.05, 0.1) is 7.11 Å². The molecule has 4 rings (SSSR count). The second kappa shape index (κ2) is 8.64. The summed E-state index contributed by atoms with van der Waals surface area (Å²) in [5, 5.41) is 5.92. The summed E-state index contributed by atoms with van der Waals surface area (Å²) >= 11 is 0. The Morgan fingerprint density at radius 3 is 2.79 bits per heavy atom. The van der Waals surface area contributed by atoms with Crippen molar-refractivity contribution in [3.05, 3.63) is 24.3 Å². The van der Waals surface area contributed by atoms with E-state index in [9.17, 15) is 9.59 Å². The van der Waals surface area contributed by atoms with Crippen molar-refractivity contribution in [3.63, 3.8) is 0 Å². The molecule has 0 radical (unpaired) electrons. The minimum atomic E-state index is -0.206. The number of hydrogen-bond donors (Lipinski definition) is 2. The van der Waals surface area contributed by atoms with Crippen molar-refractivity contribution in [2.75, 3.05) is 19.0 Å². The van der Waals surface area contributed by atoms with Crippen molar-refractivity contribution < 1.29 is 14.3 Å². The average molecular weight is 400 g/mol. The van der Waals surface area contributed by atoms with Crippen LogP contribution in [0.2, 0.25) is 0 Å². The molecule has 4 atom stereocenters. The van der Waals surface area contributed by atoms with E-state index in [1.807, 2.05) is 18.2 Å². The smallest absolute Gasteiger partial charge is 0.319 e. The maximum atomic E-state index is 12.8. The van der Waals surface area contributed by atoms with Gasteiger partial charge in [-0.15, -0.1) is 0 Å². The molecule has 0 unspecified atom stereocenters. The minimum Gasteiger partial charge on any atom is -0.497 e. The van der Waals surface area contributed by atoms with E-state index in [2.05, 4.69) is 22.5 Å². The lowest BCUT2D eigenvalue weighted by Crippen LogP contribution is -2.43. The van der Waals surface area contributed by atoms with E-state index in [4.69, 9.17) is 4.74 Å². The van der Waals surface area contributed by atoms with E-state index < -0.39 is 0 Å². The number of nitrogens with one attached hydrogen (secondary N) is 2. The molecular formula is C23H33N3O3. The van der Waals surface area contributed by atoms with Crippen LogP contribution in [0.25, 0.3) is 0 Å². The van der Waals surface area contributed by atoms with Crippen LogP contribution in [0.15, 0.2) is 24.3 Å². The topological polar surface area (TPSA) is 70.7 Å². The number of methoxy groups -OCH3 is 1. The molecule has 158 valence electrons. The van der Waals surface area contributed by atoms with E-state index in [0.717, 1.165) is 19.3 Å². The quantitative estimate of drug-likeness (QED) is 0.785.